The summed E-state index contributed by atoms with van der Waals surface area (Å²) >= 11 is 10.0. The monoisotopic (exact) mass is 573 g/mol. The van der Waals surface area contributed by atoms with Gasteiger partial charge >= 0.3 is 0 Å². The van der Waals surface area contributed by atoms with Gasteiger partial charge in [-0.05, 0) is 57.6 Å². The molecule has 37 heavy (non-hydrogen) atoms. The fourth-order valence-electron chi connectivity index (χ4n) is 5.04. The van der Waals surface area contributed by atoms with Gasteiger partial charge in [-0.3, -0.25) is 4.79 Å². The highest BCUT2D eigenvalue weighted by atomic mass is 79.9. The molecule has 3 aromatic carbocycles. The summed E-state index contributed by atoms with van der Waals surface area (Å²) < 4.78 is 2.63. The number of fused-ring (bicyclic) bond motifs is 2. The number of carbonyl (C=O) groups is 1. The highest BCUT2D eigenvalue weighted by Crippen LogP contribution is 2.31. The fourth-order valence-corrected chi connectivity index (χ4v) is 5.62. The van der Waals surface area contributed by atoms with E-state index >= 15 is 0 Å². The molecule has 0 unspecified atom stereocenters. The van der Waals surface area contributed by atoms with Gasteiger partial charge in [-0.25, -0.2) is 4.98 Å². The molecule has 1 saturated heterocycles. The normalized spacial score (nSPS) is 14.4. The third-order valence-corrected chi connectivity index (χ3v) is 7.96. The van der Waals surface area contributed by atoms with Gasteiger partial charge in [-0.15, -0.1) is 0 Å². The molecule has 1 aliphatic heterocycles. The molecule has 2 aromatic heterocycles. The van der Waals surface area contributed by atoms with Gasteiger partial charge in [0.1, 0.15) is 5.82 Å². The van der Waals surface area contributed by atoms with Crippen LogP contribution in [0.1, 0.15) is 23.2 Å². The molecule has 5 aromatic rings. The second kappa shape index (κ2) is 10.1. The van der Waals surface area contributed by atoms with E-state index < -0.39 is 0 Å². The minimum Gasteiger partial charge on any atom is -0.370 e. The van der Waals surface area contributed by atoms with Crippen LogP contribution in [0.3, 0.4) is 0 Å². The topological polar surface area (TPSA) is 62.5 Å². The lowest BCUT2D eigenvalue weighted by atomic mass is 9.95. The summed E-state index contributed by atoms with van der Waals surface area (Å²) in [5.41, 5.74) is 3.18. The zero-order chi connectivity index (χ0) is 25.4. The summed E-state index contributed by atoms with van der Waals surface area (Å²) in [4.78, 5) is 20.1. The first-order valence-corrected chi connectivity index (χ1v) is 13.6. The van der Waals surface area contributed by atoms with Crippen LogP contribution in [0, 0.1) is 5.92 Å². The number of benzene rings is 3. The third-order valence-electron chi connectivity index (χ3n) is 7.07. The molecule has 1 aliphatic rings. The van der Waals surface area contributed by atoms with Gasteiger partial charge in [0, 0.05) is 41.9 Å². The van der Waals surface area contributed by atoms with Gasteiger partial charge in [0.2, 0.25) is 0 Å². The minimum absolute atomic E-state index is 0.116. The summed E-state index contributed by atoms with van der Waals surface area (Å²) in [6.07, 6.45) is 3.64. The number of halogens is 2. The molecule has 0 radical (unpaired) electrons. The molecule has 0 atom stereocenters. The van der Waals surface area contributed by atoms with Crippen molar-refractivity contribution >= 4 is 55.7 Å². The molecule has 3 heterocycles. The Morgan fingerprint density at radius 2 is 1.78 bits per heavy atom. The Balaban J connectivity index is 1.16. The maximum atomic E-state index is 13.3. The van der Waals surface area contributed by atoms with Crippen molar-refractivity contribution < 1.29 is 4.79 Å². The fraction of sp³-hybridized carbons (Fsp3) is 0.207. The molecule has 1 amide bonds. The van der Waals surface area contributed by atoms with Crippen molar-refractivity contribution in [1.29, 1.82) is 0 Å². The predicted octanol–water partition coefficient (Wildman–Crippen LogP) is 6.93. The molecule has 1 fully saturated rings. The zero-order valence-electron chi connectivity index (χ0n) is 20.1. The molecular weight excluding hydrogens is 550 g/mol. The van der Waals surface area contributed by atoms with Crippen molar-refractivity contribution in [1.82, 2.24) is 19.5 Å². The quantitative estimate of drug-likeness (QED) is 0.247. The minimum atomic E-state index is 0.116. The SMILES string of the molecule is O=C(c1cccc2ccccc12)N1CCC(CNc2cc(-c3ccccc3Cl)nc3c(Br)cnn23)CC1. The van der Waals surface area contributed by atoms with Gasteiger partial charge in [0.25, 0.3) is 5.91 Å². The Kier molecular flexibility index (Phi) is 6.57. The van der Waals surface area contributed by atoms with Crippen LogP contribution in [0.15, 0.2) is 83.5 Å². The number of aromatic nitrogens is 3. The van der Waals surface area contributed by atoms with Crippen LogP contribution in [0.5, 0.6) is 0 Å². The number of hydrogen-bond acceptors (Lipinski definition) is 4. The molecular formula is C29H25BrClN5O. The Hall–Kier alpha value is -3.42. The molecule has 0 aliphatic carbocycles. The number of hydrogen-bond donors (Lipinski definition) is 1. The molecule has 6 rings (SSSR count). The van der Waals surface area contributed by atoms with Crippen molar-refractivity contribution in [3.8, 4) is 11.3 Å². The zero-order valence-corrected chi connectivity index (χ0v) is 22.4. The van der Waals surface area contributed by atoms with E-state index in [9.17, 15) is 4.79 Å². The summed E-state index contributed by atoms with van der Waals surface area (Å²) in [7, 11) is 0. The lowest BCUT2D eigenvalue weighted by Crippen LogP contribution is -2.40. The molecule has 6 nitrogen and oxygen atoms in total. The third kappa shape index (κ3) is 4.69. The van der Waals surface area contributed by atoms with E-state index in [1.54, 1.807) is 6.20 Å². The number of piperidine rings is 1. The van der Waals surface area contributed by atoms with Crippen LogP contribution in [0.25, 0.3) is 27.7 Å². The smallest absolute Gasteiger partial charge is 0.254 e. The average Bonchev–Trinajstić information content (AvgIpc) is 3.32. The first-order valence-electron chi connectivity index (χ1n) is 12.4. The van der Waals surface area contributed by atoms with Crippen LogP contribution >= 0.6 is 27.5 Å². The van der Waals surface area contributed by atoms with Crippen molar-refractivity contribution in [3.63, 3.8) is 0 Å². The maximum absolute atomic E-state index is 13.3. The van der Waals surface area contributed by atoms with Crippen molar-refractivity contribution in [3.05, 3.63) is 94.1 Å². The van der Waals surface area contributed by atoms with Gasteiger partial charge in [-0.2, -0.15) is 9.61 Å². The standard InChI is InChI=1S/C29H25BrClN5O/c30-24-18-33-36-27(16-26(34-28(24)36)23-9-3-4-11-25(23)31)32-17-19-12-14-35(15-13-19)29(37)22-10-5-7-20-6-1-2-8-21(20)22/h1-11,16,18-19,32H,12-15,17H2. The number of nitrogens with zero attached hydrogens (tertiary/aromatic N) is 4. The lowest BCUT2D eigenvalue weighted by molar-refractivity contribution is 0.0697. The summed E-state index contributed by atoms with van der Waals surface area (Å²) in [6, 6.07) is 23.7. The number of anilines is 1. The van der Waals surface area contributed by atoms with Gasteiger partial charge in [-0.1, -0.05) is 66.2 Å². The highest BCUT2D eigenvalue weighted by Gasteiger charge is 2.25. The van der Waals surface area contributed by atoms with Crippen LogP contribution in [0.2, 0.25) is 5.02 Å². The van der Waals surface area contributed by atoms with Crippen LogP contribution in [0.4, 0.5) is 5.82 Å². The second-order valence-corrected chi connectivity index (χ2v) is 10.6. The number of nitrogens with one attached hydrogen (secondary N) is 1. The molecule has 1 N–H and O–H groups in total. The summed E-state index contributed by atoms with van der Waals surface area (Å²) in [5.74, 6) is 1.42. The predicted molar refractivity (Wildman–Crippen MR) is 152 cm³/mol. The second-order valence-electron chi connectivity index (χ2n) is 9.38. The molecule has 186 valence electrons. The van der Waals surface area contributed by atoms with E-state index in [0.29, 0.717) is 10.9 Å². The summed E-state index contributed by atoms with van der Waals surface area (Å²) in [5, 5.41) is 10.9. The Morgan fingerprint density at radius 1 is 1.03 bits per heavy atom. The van der Waals surface area contributed by atoms with Crippen LogP contribution in [-0.4, -0.2) is 45.0 Å². The van der Waals surface area contributed by atoms with Crippen molar-refractivity contribution in [2.24, 2.45) is 5.92 Å². The lowest BCUT2D eigenvalue weighted by Gasteiger charge is -2.32. The molecule has 0 saturated carbocycles. The largest absolute Gasteiger partial charge is 0.370 e. The number of rotatable bonds is 5. The van der Waals surface area contributed by atoms with Crippen molar-refractivity contribution in [2.45, 2.75) is 12.8 Å². The van der Waals surface area contributed by atoms with E-state index in [1.807, 2.05) is 70.1 Å². The molecule has 0 spiro atoms. The highest BCUT2D eigenvalue weighted by molar-refractivity contribution is 9.10. The maximum Gasteiger partial charge on any atom is 0.254 e. The summed E-state index contributed by atoms with van der Waals surface area (Å²) in [6.45, 7) is 2.28. The number of amides is 1. The Morgan fingerprint density at radius 3 is 2.62 bits per heavy atom. The molecule has 8 heteroatoms. The van der Waals surface area contributed by atoms with Crippen LogP contribution in [-0.2, 0) is 0 Å². The van der Waals surface area contributed by atoms with Gasteiger partial charge < -0.3 is 10.2 Å². The van der Waals surface area contributed by atoms with Gasteiger partial charge in [0.15, 0.2) is 5.65 Å². The first kappa shape index (κ1) is 23.9. The van der Waals surface area contributed by atoms with E-state index in [4.69, 9.17) is 16.6 Å². The van der Waals surface area contributed by atoms with Crippen molar-refractivity contribution in [2.75, 3.05) is 25.0 Å². The number of carbonyl (C=O) groups excluding carboxylic acids is 1. The number of likely N-dealkylation sites (tertiary alicyclic amines) is 1. The molecule has 0 bridgehead atoms. The Labute approximate surface area is 228 Å². The van der Waals surface area contributed by atoms with E-state index in [0.717, 1.165) is 76.0 Å². The van der Waals surface area contributed by atoms with E-state index in [1.165, 1.54) is 0 Å². The van der Waals surface area contributed by atoms with E-state index in [-0.39, 0.29) is 5.91 Å². The Bertz CT molecular complexity index is 1600. The van der Waals surface area contributed by atoms with E-state index in [2.05, 4.69) is 38.5 Å². The first-order chi connectivity index (χ1) is 18.1. The van der Waals surface area contributed by atoms with Crippen LogP contribution < -0.4 is 5.32 Å². The average molecular weight is 575 g/mol. The van der Waals surface area contributed by atoms with Gasteiger partial charge in [0.05, 0.1) is 16.4 Å².